The Balaban J connectivity index is 2.14. The predicted molar refractivity (Wildman–Crippen MR) is 66.7 cm³/mol. The van der Waals surface area contributed by atoms with Gasteiger partial charge in [0.15, 0.2) is 0 Å². The van der Waals surface area contributed by atoms with Crippen molar-refractivity contribution in [3.63, 3.8) is 0 Å². The van der Waals surface area contributed by atoms with Crippen LogP contribution in [0.3, 0.4) is 0 Å². The molecule has 0 radical (unpaired) electrons. The maximum atomic E-state index is 9.36. The highest BCUT2D eigenvalue weighted by atomic mass is 16.3. The van der Waals surface area contributed by atoms with E-state index in [0.29, 0.717) is 5.92 Å². The molecule has 2 rings (SSSR count). The first-order valence-electron chi connectivity index (χ1n) is 6.28. The largest absolute Gasteiger partial charge is 0.395 e. The minimum Gasteiger partial charge on any atom is -0.395 e. The van der Waals surface area contributed by atoms with Crippen molar-refractivity contribution in [1.29, 1.82) is 0 Å². The first-order chi connectivity index (χ1) is 7.85. The van der Waals surface area contributed by atoms with Gasteiger partial charge in [-0.05, 0) is 36.9 Å². The Bertz CT molecular complexity index is 320. The third kappa shape index (κ3) is 2.45. The Morgan fingerprint density at radius 1 is 1.31 bits per heavy atom. The molecule has 1 fully saturated rings. The molecule has 0 saturated carbocycles. The van der Waals surface area contributed by atoms with Crippen LogP contribution < -0.4 is 5.32 Å². The lowest BCUT2D eigenvalue weighted by Crippen LogP contribution is -2.42. The molecule has 1 aliphatic heterocycles. The second-order valence-electron chi connectivity index (χ2n) is 4.59. The second-order valence-corrected chi connectivity index (χ2v) is 4.59. The first kappa shape index (κ1) is 11.6. The van der Waals surface area contributed by atoms with E-state index in [1.165, 1.54) is 24.0 Å². The lowest BCUT2D eigenvalue weighted by Gasteiger charge is -2.31. The zero-order valence-electron chi connectivity index (χ0n) is 9.95. The zero-order chi connectivity index (χ0) is 11.4. The topological polar surface area (TPSA) is 32.3 Å². The van der Waals surface area contributed by atoms with Crippen molar-refractivity contribution in [3.8, 4) is 0 Å². The van der Waals surface area contributed by atoms with Crippen LogP contribution in [0, 0.1) is 0 Å². The number of aliphatic hydroxyl groups excluding tert-OH is 1. The molecule has 0 aliphatic carbocycles. The van der Waals surface area contributed by atoms with E-state index in [0.717, 1.165) is 13.0 Å². The Hall–Kier alpha value is -0.860. The van der Waals surface area contributed by atoms with Gasteiger partial charge in [-0.25, -0.2) is 0 Å². The smallest absolute Gasteiger partial charge is 0.0590 e. The van der Waals surface area contributed by atoms with Crippen molar-refractivity contribution >= 4 is 0 Å². The van der Waals surface area contributed by atoms with E-state index in [1.54, 1.807) is 0 Å². The minimum atomic E-state index is 0.236. The Morgan fingerprint density at radius 2 is 2.06 bits per heavy atom. The first-order valence-corrected chi connectivity index (χ1v) is 6.28. The number of rotatable bonds is 3. The molecule has 0 amide bonds. The number of nitrogens with one attached hydrogen (secondary N) is 1. The molecule has 2 nitrogen and oxygen atoms in total. The van der Waals surface area contributed by atoms with Crippen LogP contribution in [-0.2, 0) is 6.42 Å². The average Bonchev–Trinajstić information content (AvgIpc) is 2.39. The summed E-state index contributed by atoms with van der Waals surface area (Å²) in [5, 5.41) is 12.8. The molecular weight excluding hydrogens is 198 g/mol. The summed E-state index contributed by atoms with van der Waals surface area (Å²) in [5.74, 6) is 0.477. The molecule has 1 heterocycles. The third-order valence-corrected chi connectivity index (χ3v) is 3.60. The van der Waals surface area contributed by atoms with Gasteiger partial charge in [0, 0.05) is 12.0 Å². The molecule has 2 heteroatoms. The Kier molecular flexibility index (Phi) is 3.97. The van der Waals surface area contributed by atoms with Crippen LogP contribution in [0.15, 0.2) is 24.3 Å². The van der Waals surface area contributed by atoms with Gasteiger partial charge in [0.2, 0.25) is 0 Å². The van der Waals surface area contributed by atoms with Gasteiger partial charge in [0.1, 0.15) is 0 Å². The molecule has 16 heavy (non-hydrogen) atoms. The van der Waals surface area contributed by atoms with Crippen molar-refractivity contribution in [2.45, 2.75) is 38.1 Å². The summed E-state index contributed by atoms with van der Waals surface area (Å²) in [4.78, 5) is 0. The monoisotopic (exact) mass is 219 g/mol. The molecule has 2 atom stereocenters. The molecule has 0 bridgehead atoms. The fraction of sp³-hybridized carbons (Fsp3) is 0.571. The molecule has 1 aromatic carbocycles. The molecule has 88 valence electrons. The average molecular weight is 219 g/mol. The second kappa shape index (κ2) is 5.46. The summed E-state index contributed by atoms with van der Waals surface area (Å²) < 4.78 is 0. The molecular formula is C14H21NO. The highest BCUT2D eigenvalue weighted by Gasteiger charge is 2.25. The van der Waals surface area contributed by atoms with Crippen LogP contribution >= 0.6 is 0 Å². The number of aryl methyl sites for hydroxylation is 1. The molecule has 2 unspecified atom stereocenters. The van der Waals surface area contributed by atoms with Crippen LogP contribution in [0.1, 0.15) is 36.8 Å². The number of piperidine rings is 1. The highest BCUT2D eigenvalue weighted by Crippen LogP contribution is 2.28. The molecule has 1 aliphatic rings. The van der Waals surface area contributed by atoms with Crippen molar-refractivity contribution < 1.29 is 5.11 Å². The molecule has 0 aromatic heterocycles. The summed E-state index contributed by atoms with van der Waals surface area (Å²) in [7, 11) is 0. The summed E-state index contributed by atoms with van der Waals surface area (Å²) >= 11 is 0. The van der Waals surface area contributed by atoms with Gasteiger partial charge >= 0.3 is 0 Å². The maximum absolute atomic E-state index is 9.36. The van der Waals surface area contributed by atoms with Gasteiger partial charge < -0.3 is 10.4 Å². The van der Waals surface area contributed by atoms with Gasteiger partial charge in [-0.15, -0.1) is 0 Å². The molecule has 2 N–H and O–H groups in total. The van der Waals surface area contributed by atoms with E-state index in [2.05, 4.69) is 36.5 Å². The Labute approximate surface area is 97.7 Å². The third-order valence-electron chi connectivity index (χ3n) is 3.60. The molecule has 1 aromatic rings. The standard InChI is InChI=1S/C14H21NO/c1-2-11-5-7-12(8-6-11)13-4-3-9-15-14(13)10-16/h5-8,13-16H,2-4,9-10H2,1H3. The SMILES string of the molecule is CCc1ccc(C2CCCNC2CO)cc1. The summed E-state index contributed by atoms with van der Waals surface area (Å²) in [6.45, 7) is 3.45. The van der Waals surface area contributed by atoms with E-state index < -0.39 is 0 Å². The fourth-order valence-corrected chi connectivity index (χ4v) is 2.54. The molecule has 0 spiro atoms. The van der Waals surface area contributed by atoms with Gasteiger partial charge in [-0.3, -0.25) is 0 Å². The number of hydrogen-bond acceptors (Lipinski definition) is 2. The van der Waals surface area contributed by atoms with Crippen LogP contribution in [0.5, 0.6) is 0 Å². The van der Waals surface area contributed by atoms with E-state index in [-0.39, 0.29) is 12.6 Å². The highest BCUT2D eigenvalue weighted by molar-refractivity contribution is 5.27. The van der Waals surface area contributed by atoms with E-state index in [1.807, 2.05) is 0 Å². The maximum Gasteiger partial charge on any atom is 0.0590 e. The number of hydrogen-bond donors (Lipinski definition) is 2. The van der Waals surface area contributed by atoms with Crippen LogP contribution in [-0.4, -0.2) is 24.3 Å². The van der Waals surface area contributed by atoms with Gasteiger partial charge in [-0.1, -0.05) is 31.2 Å². The predicted octanol–water partition coefficient (Wildman–Crippen LogP) is 2.08. The normalized spacial score (nSPS) is 25.6. The molecule has 1 saturated heterocycles. The minimum absolute atomic E-state index is 0.236. The summed E-state index contributed by atoms with van der Waals surface area (Å²) in [5.41, 5.74) is 2.75. The van der Waals surface area contributed by atoms with Gasteiger partial charge in [0.25, 0.3) is 0 Å². The van der Waals surface area contributed by atoms with Crippen molar-refractivity contribution in [3.05, 3.63) is 35.4 Å². The summed E-state index contributed by atoms with van der Waals surface area (Å²) in [6.07, 6.45) is 3.48. The van der Waals surface area contributed by atoms with Gasteiger partial charge in [0.05, 0.1) is 6.61 Å². The lowest BCUT2D eigenvalue weighted by atomic mass is 9.85. The van der Waals surface area contributed by atoms with Gasteiger partial charge in [-0.2, -0.15) is 0 Å². The zero-order valence-corrected chi connectivity index (χ0v) is 9.95. The number of aliphatic hydroxyl groups is 1. The van der Waals surface area contributed by atoms with Crippen LogP contribution in [0.2, 0.25) is 0 Å². The van der Waals surface area contributed by atoms with Crippen LogP contribution in [0.4, 0.5) is 0 Å². The Morgan fingerprint density at radius 3 is 2.69 bits per heavy atom. The quantitative estimate of drug-likeness (QED) is 0.815. The van der Waals surface area contributed by atoms with E-state index in [9.17, 15) is 5.11 Å². The summed E-state index contributed by atoms with van der Waals surface area (Å²) in [6, 6.07) is 9.09. The lowest BCUT2D eigenvalue weighted by molar-refractivity contribution is 0.202. The van der Waals surface area contributed by atoms with E-state index in [4.69, 9.17) is 0 Å². The fourth-order valence-electron chi connectivity index (χ4n) is 2.54. The number of benzene rings is 1. The van der Waals surface area contributed by atoms with E-state index >= 15 is 0 Å². The van der Waals surface area contributed by atoms with Crippen molar-refractivity contribution in [2.24, 2.45) is 0 Å². The van der Waals surface area contributed by atoms with Crippen LogP contribution in [0.25, 0.3) is 0 Å². The van der Waals surface area contributed by atoms with Crippen molar-refractivity contribution in [1.82, 2.24) is 5.32 Å². The van der Waals surface area contributed by atoms with Crippen molar-refractivity contribution in [2.75, 3.05) is 13.2 Å².